The minimum Gasteiger partial charge on any atom is -0.313 e. The van der Waals surface area contributed by atoms with E-state index in [0.29, 0.717) is 5.69 Å². The molecule has 0 bridgehead atoms. The highest BCUT2D eigenvalue weighted by atomic mass is 16.6. The zero-order valence-electron chi connectivity index (χ0n) is 8.39. The first-order valence-electron chi connectivity index (χ1n) is 4.17. The fourth-order valence-electron chi connectivity index (χ4n) is 1.16. The first-order chi connectivity index (χ1) is 7.06. The third kappa shape index (κ3) is 2.42. The first-order valence-corrected chi connectivity index (χ1v) is 4.17. The van der Waals surface area contributed by atoms with E-state index < -0.39 is 4.92 Å². The van der Waals surface area contributed by atoms with Crippen molar-refractivity contribution in [2.24, 2.45) is 0 Å². The van der Waals surface area contributed by atoms with Gasteiger partial charge in [-0.2, -0.15) is 5.26 Å². The molecular weight excluding hydrogens is 196 g/mol. The van der Waals surface area contributed by atoms with Gasteiger partial charge in [-0.3, -0.25) is 10.1 Å². The quantitative estimate of drug-likeness (QED) is 0.596. The second-order valence-electron chi connectivity index (χ2n) is 3.08. The lowest BCUT2D eigenvalue weighted by Gasteiger charge is -2.13. The molecular formula is C9H10N4O2. The van der Waals surface area contributed by atoms with E-state index in [2.05, 4.69) is 5.43 Å². The van der Waals surface area contributed by atoms with Crippen LogP contribution in [0.5, 0.6) is 0 Å². The van der Waals surface area contributed by atoms with E-state index in [1.54, 1.807) is 37.3 Å². The van der Waals surface area contributed by atoms with Crippen molar-refractivity contribution < 1.29 is 4.92 Å². The Balaban J connectivity index is 3.27. The molecule has 6 heteroatoms. The molecule has 0 atom stereocenters. The molecule has 15 heavy (non-hydrogen) atoms. The van der Waals surface area contributed by atoms with Gasteiger partial charge < -0.3 is 5.43 Å². The summed E-state index contributed by atoms with van der Waals surface area (Å²) >= 11 is 0. The molecule has 0 aliphatic carbocycles. The van der Waals surface area contributed by atoms with Crippen molar-refractivity contribution in [3.05, 3.63) is 33.9 Å². The summed E-state index contributed by atoms with van der Waals surface area (Å²) in [4.78, 5) is 10.2. The Morgan fingerprint density at radius 1 is 1.53 bits per heavy atom. The van der Waals surface area contributed by atoms with Crippen LogP contribution in [-0.2, 0) is 0 Å². The van der Waals surface area contributed by atoms with Gasteiger partial charge in [0.15, 0.2) is 0 Å². The Morgan fingerprint density at radius 2 is 2.20 bits per heavy atom. The number of nitro benzene ring substituents is 1. The molecule has 6 nitrogen and oxygen atoms in total. The molecule has 0 saturated carbocycles. The summed E-state index contributed by atoms with van der Waals surface area (Å²) in [5.41, 5.74) is 2.93. The fraction of sp³-hybridized carbons (Fsp3) is 0.222. The van der Waals surface area contributed by atoms with Crippen LogP contribution in [0.15, 0.2) is 18.2 Å². The summed E-state index contributed by atoms with van der Waals surface area (Å²) in [6.45, 7) is 0. The third-order valence-electron chi connectivity index (χ3n) is 1.68. The van der Waals surface area contributed by atoms with E-state index in [0.717, 1.165) is 0 Å². The molecule has 0 aliphatic heterocycles. The topological polar surface area (TPSA) is 82.2 Å². The Labute approximate surface area is 86.9 Å². The average Bonchev–Trinajstić information content (AvgIpc) is 2.15. The Morgan fingerprint density at radius 3 is 2.67 bits per heavy atom. The number of benzene rings is 1. The molecule has 1 aromatic carbocycles. The summed E-state index contributed by atoms with van der Waals surface area (Å²) in [5.74, 6) is 0. The number of hydrogen-bond donors (Lipinski definition) is 1. The first kappa shape index (κ1) is 10.9. The lowest BCUT2D eigenvalue weighted by atomic mass is 10.1. The van der Waals surface area contributed by atoms with Crippen LogP contribution in [-0.4, -0.2) is 24.0 Å². The van der Waals surface area contributed by atoms with Gasteiger partial charge in [-0.25, -0.2) is 5.01 Å². The van der Waals surface area contributed by atoms with Gasteiger partial charge in [0.1, 0.15) is 17.3 Å². The van der Waals surface area contributed by atoms with Gasteiger partial charge >= 0.3 is 5.69 Å². The Hall–Kier alpha value is -2.13. The predicted molar refractivity (Wildman–Crippen MR) is 55.1 cm³/mol. The molecule has 0 saturated heterocycles. The number of nitro groups is 1. The maximum absolute atomic E-state index is 10.8. The monoisotopic (exact) mass is 206 g/mol. The van der Waals surface area contributed by atoms with Crippen LogP contribution in [0.2, 0.25) is 0 Å². The molecule has 1 N–H and O–H groups in total. The highest BCUT2D eigenvalue weighted by molar-refractivity contribution is 5.68. The number of rotatable bonds is 3. The van der Waals surface area contributed by atoms with Gasteiger partial charge in [-0.1, -0.05) is 6.07 Å². The van der Waals surface area contributed by atoms with Gasteiger partial charge in [0.25, 0.3) is 0 Å². The van der Waals surface area contributed by atoms with Gasteiger partial charge in [0, 0.05) is 14.1 Å². The second kappa shape index (κ2) is 4.39. The minimum atomic E-state index is -0.565. The number of para-hydroxylation sites is 1. The van der Waals surface area contributed by atoms with Crippen LogP contribution >= 0.6 is 0 Å². The molecule has 78 valence electrons. The summed E-state index contributed by atoms with van der Waals surface area (Å²) < 4.78 is 0. The zero-order valence-corrected chi connectivity index (χ0v) is 8.39. The molecule has 0 aliphatic rings. The van der Waals surface area contributed by atoms with Crippen molar-refractivity contribution in [2.45, 2.75) is 0 Å². The molecule has 1 aromatic rings. The lowest BCUT2D eigenvalue weighted by Crippen LogP contribution is -2.20. The number of nitriles is 1. The Kier molecular flexibility index (Phi) is 3.21. The van der Waals surface area contributed by atoms with Crippen molar-refractivity contribution >= 4 is 11.4 Å². The zero-order chi connectivity index (χ0) is 11.4. The number of nitrogens with one attached hydrogen (secondary N) is 1. The maximum atomic E-state index is 10.8. The number of hydrogen-bond acceptors (Lipinski definition) is 5. The summed E-state index contributed by atoms with van der Waals surface area (Å²) in [7, 11) is 3.42. The van der Waals surface area contributed by atoms with E-state index >= 15 is 0 Å². The predicted octanol–water partition coefficient (Wildman–Crippen LogP) is 1.35. The second-order valence-corrected chi connectivity index (χ2v) is 3.08. The largest absolute Gasteiger partial charge is 0.313 e. The van der Waals surface area contributed by atoms with Gasteiger partial charge in [-0.05, 0) is 12.1 Å². The van der Waals surface area contributed by atoms with E-state index in [1.807, 2.05) is 0 Å². The molecule has 0 fully saturated rings. The molecule has 0 amide bonds. The molecule has 0 spiro atoms. The number of nitrogens with zero attached hydrogens (tertiary/aromatic N) is 3. The molecule has 0 unspecified atom stereocenters. The van der Waals surface area contributed by atoms with Crippen molar-refractivity contribution in [3.8, 4) is 6.07 Å². The third-order valence-corrected chi connectivity index (χ3v) is 1.68. The van der Waals surface area contributed by atoms with E-state index in [4.69, 9.17) is 5.26 Å². The highest BCUT2D eigenvalue weighted by Gasteiger charge is 2.19. The summed E-state index contributed by atoms with van der Waals surface area (Å²) in [6, 6.07) is 6.36. The maximum Gasteiger partial charge on any atom is 0.311 e. The van der Waals surface area contributed by atoms with E-state index in [-0.39, 0.29) is 11.3 Å². The lowest BCUT2D eigenvalue weighted by molar-refractivity contribution is -0.384. The molecule has 1 rings (SSSR count). The smallest absolute Gasteiger partial charge is 0.311 e. The Bertz CT molecular complexity index is 423. The van der Waals surface area contributed by atoms with Crippen LogP contribution in [0.4, 0.5) is 11.4 Å². The number of anilines is 1. The van der Waals surface area contributed by atoms with Crippen LogP contribution in [0.3, 0.4) is 0 Å². The summed E-state index contributed by atoms with van der Waals surface area (Å²) in [5, 5.41) is 21.1. The van der Waals surface area contributed by atoms with Crippen LogP contribution in [0.1, 0.15) is 5.56 Å². The molecule has 0 radical (unpaired) electrons. The van der Waals surface area contributed by atoms with Crippen LogP contribution in [0.25, 0.3) is 0 Å². The van der Waals surface area contributed by atoms with Crippen molar-refractivity contribution in [2.75, 3.05) is 19.5 Å². The van der Waals surface area contributed by atoms with E-state index in [9.17, 15) is 10.1 Å². The highest BCUT2D eigenvalue weighted by Crippen LogP contribution is 2.27. The average molecular weight is 206 g/mol. The SMILES string of the molecule is CN(C)Nc1cccc(C#N)c1[N+](=O)[O-]. The van der Waals surface area contributed by atoms with Crippen molar-refractivity contribution in [1.29, 1.82) is 5.26 Å². The van der Waals surface area contributed by atoms with Crippen LogP contribution < -0.4 is 5.43 Å². The molecule has 0 aromatic heterocycles. The van der Waals surface area contributed by atoms with E-state index in [1.165, 1.54) is 6.07 Å². The normalized spacial score (nSPS) is 9.73. The van der Waals surface area contributed by atoms with Gasteiger partial charge in [-0.15, -0.1) is 0 Å². The number of hydrazine groups is 1. The molecule has 0 heterocycles. The van der Waals surface area contributed by atoms with Gasteiger partial charge in [0.2, 0.25) is 0 Å². The van der Waals surface area contributed by atoms with Crippen LogP contribution in [0, 0.1) is 21.4 Å². The summed E-state index contributed by atoms with van der Waals surface area (Å²) in [6.07, 6.45) is 0. The minimum absolute atomic E-state index is 0.0480. The fourth-order valence-corrected chi connectivity index (χ4v) is 1.16. The van der Waals surface area contributed by atoms with Crippen molar-refractivity contribution in [3.63, 3.8) is 0 Å². The van der Waals surface area contributed by atoms with Crippen molar-refractivity contribution in [1.82, 2.24) is 5.01 Å². The van der Waals surface area contributed by atoms with Gasteiger partial charge in [0.05, 0.1) is 4.92 Å². The standard InChI is InChI=1S/C9H10N4O2/c1-12(2)11-8-5-3-4-7(6-10)9(8)13(14)15/h3-5,11H,1-2H3.